The van der Waals surface area contributed by atoms with Crippen LogP contribution in [-0.4, -0.2) is 32.5 Å². The number of para-hydroxylation sites is 1. The first-order chi connectivity index (χ1) is 8.17. The fraction of sp³-hybridized carbons (Fsp3) is 0.333. The largest absolute Gasteiger partial charge is 0.493 e. The van der Waals surface area contributed by atoms with Gasteiger partial charge in [0.2, 0.25) is 5.91 Å². The first-order valence-electron chi connectivity index (χ1n) is 5.20. The lowest BCUT2D eigenvalue weighted by molar-refractivity contribution is -0.121. The van der Waals surface area contributed by atoms with Gasteiger partial charge in [0.05, 0.1) is 32.9 Å². The molecular weight excluding hydrogens is 222 g/mol. The van der Waals surface area contributed by atoms with E-state index < -0.39 is 0 Å². The fourth-order valence-corrected chi connectivity index (χ4v) is 1.89. The predicted octanol–water partition coefficient (Wildman–Crippen LogP) is 1.01. The van der Waals surface area contributed by atoms with E-state index in [1.807, 2.05) is 0 Å². The Hall–Kier alpha value is -2.04. The molecule has 0 radical (unpaired) electrons. The predicted molar refractivity (Wildman–Crippen MR) is 61.5 cm³/mol. The Bertz CT molecular complexity index is 470. The number of anilines is 1. The summed E-state index contributed by atoms with van der Waals surface area (Å²) in [6, 6.07) is 5.23. The summed E-state index contributed by atoms with van der Waals surface area (Å²) < 4.78 is 10.4. The van der Waals surface area contributed by atoms with Gasteiger partial charge >= 0.3 is 0 Å². The van der Waals surface area contributed by atoms with Crippen LogP contribution in [0.2, 0.25) is 0 Å². The Labute approximate surface area is 98.9 Å². The summed E-state index contributed by atoms with van der Waals surface area (Å²) >= 11 is 0. The second-order valence-electron chi connectivity index (χ2n) is 3.71. The van der Waals surface area contributed by atoms with Gasteiger partial charge < -0.3 is 14.4 Å². The Kier molecular flexibility index (Phi) is 2.99. The van der Waals surface area contributed by atoms with Crippen LogP contribution in [0.3, 0.4) is 0 Å². The minimum Gasteiger partial charge on any atom is -0.493 e. The number of ketones is 1. The zero-order valence-electron chi connectivity index (χ0n) is 9.73. The number of methoxy groups -OCH3 is 2. The van der Waals surface area contributed by atoms with Gasteiger partial charge in [0.1, 0.15) is 0 Å². The molecule has 0 spiro atoms. The fourth-order valence-electron chi connectivity index (χ4n) is 1.89. The van der Waals surface area contributed by atoms with Crippen molar-refractivity contribution in [1.82, 2.24) is 0 Å². The van der Waals surface area contributed by atoms with Crippen molar-refractivity contribution in [1.29, 1.82) is 0 Å². The molecule has 0 N–H and O–H groups in total. The highest BCUT2D eigenvalue weighted by Crippen LogP contribution is 2.38. The molecule has 0 atom stereocenters. The first-order valence-corrected chi connectivity index (χ1v) is 5.20. The number of hydrogen-bond acceptors (Lipinski definition) is 4. The van der Waals surface area contributed by atoms with Crippen molar-refractivity contribution in [3.05, 3.63) is 18.2 Å². The lowest BCUT2D eigenvalue weighted by Gasteiger charge is -2.19. The summed E-state index contributed by atoms with van der Waals surface area (Å²) in [6.45, 7) is 0.0996. The topological polar surface area (TPSA) is 55.8 Å². The maximum atomic E-state index is 11.7. The molecular formula is C12H13NO4. The van der Waals surface area contributed by atoms with Crippen LogP contribution in [0.5, 0.6) is 11.5 Å². The highest BCUT2D eigenvalue weighted by molar-refractivity contribution is 6.15. The highest BCUT2D eigenvalue weighted by atomic mass is 16.5. The number of Topliss-reactive ketones (excluding diaryl/α,β-unsaturated/α-hetero) is 1. The molecule has 0 aliphatic carbocycles. The van der Waals surface area contributed by atoms with Crippen LogP contribution in [0.25, 0.3) is 0 Å². The van der Waals surface area contributed by atoms with Gasteiger partial charge in [-0.05, 0) is 12.1 Å². The maximum absolute atomic E-state index is 11.7. The third-order valence-corrected chi connectivity index (χ3v) is 2.66. The molecule has 5 heteroatoms. The molecule has 1 heterocycles. The monoisotopic (exact) mass is 235 g/mol. The molecule has 1 aromatic rings. The lowest BCUT2D eigenvalue weighted by Crippen LogP contribution is -2.25. The van der Waals surface area contributed by atoms with Crippen LogP contribution in [0.4, 0.5) is 5.69 Å². The SMILES string of the molecule is COc1cccc(N2CC(=O)CC2=O)c1OC. The van der Waals surface area contributed by atoms with Crippen LogP contribution in [0, 0.1) is 0 Å². The van der Waals surface area contributed by atoms with Crippen LogP contribution < -0.4 is 14.4 Å². The molecule has 1 saturated heterocycles. The molecule has 1 aliphatic heterocycles. The van der Waals surface area contributed by atoms with E-state index in [-0.39, 0.29) is 24.7 Å². The van der Waals surface area contributed by atoms with Gasteiger partial charge in [0.15, 0.2) is 17.3 Å². The van der Waals surface area contributed by atoms with Gasteiger partial charge in [-0.1, -0.05) is 6.07 Å². The van der Waals surface area contributed by atoms with Crippen LogP contribution >= 0.6 is 0 Å². The summed E-state index contributed by atoms with van der Waals surface area (Å²) in [6.07, 6.45) is -0.0413. The molecule has 0 bridgehead atoms. The minimum atomic E-state index is -0.207. The molecule has 5 nitrogen and oxygen atoms in total. The van der Waals surface area contributed by atoms with Gasteiger partial charge in [0.25, 0.3) is 0 Å². The van der Waals surface area contributed by atoms with Gasteiger partial charge in [-0.2, -0.15) is 0 Å². The Morgan fingerprint density at radius 1 is 1.18 bits per heavy atom. The van der Waals surface area contributed by atoms with E-state index in [1.165, 1.54) is 19.1 Å². The average molecular weight is 235 g/mol. The van der Waals surface area contributed by atoms with E-state index in [4.69, 9.17) is 9.47 Å². The average Bonchev–Trinajstić information content (AvgIpc) is 2.67. The zero-order chi connectivity index (χ0) is 12.4. The van der Waals surface area contributed by atoms with Gasteiger partial charge in [-0.25, -0.2) is 0 Å². The van der Waals surface area contributed by atoms with E-state index in [1.54, 1.807) is 18.2 Å². The van der Waals surface area contributed by atoms with E-state index >= 15 is 0 Å². The molecule has 1 fully saturated rings. The number of amides is 1. The summed E-state index contributed by atoms with van der Waals surface area (Å²) in [4.78, 5) is 24.3. The number of nitrogens with zero attached hydrogens (tertiary/aromatic N) is 1. The van der Waals surface area contributed by atoms with Crippen molar-refractivity contribution in [3.8, 4) is 11.5 Å². The Balaban J connectivity index is 2.44. The normalized spacial score (nSPS) is 15.3. The molecule has 0 saturated carbocycles. The number of rotatable bonds is 3. The molecule has 1 aliphatic rings. The molecule has 17 heavy (non-hydrogen) atoms. The molecule has 0 aromatic heterocycles. The van der Waals surface area contributed by atoms with Gasteiger partial charge in [-0.3, -0.25) is 9.59 Å². The van der Waals surface area contributed by atoms with Gasteiger partial charge in [0, 0.05) is 0 Å². The Morgan fingerprint density at radius 3 is 2.47 bits per heavy atom. The van der Waals surface area contributed by atoms with Crippen LogP contribution in [0.15, 0.2) is 18.2 Å². The van der Waals surface area contributed by atoms with Crippen LogP contribution in [0.1, 0.15) is 6.42 Å². The van der Waals surface area contributed by atoms with Gasteiger partial charge in [-0.15, -0.1) is 0 Å². The zero-order valence-corrected chi connectivity index (χ0v) is 9.73. The van der Waals surface area contributed by atoms with E-state index in [9.17, 15) is 9.59 Å². The molecule has 1 amide bonds. The summed E-state index contributed by atoms with van der Waals surface area (Å²) in [5, 5.41) is 0. The Morgan fingerprint density at radius 2 is 1.94 bits per heavy atom. The molecule has 90 valence electrons. The maximum Gasteiger partial charge on any atom is 0.235 e. The van der Waals surface area contributed by atoms with Crippen molar-refractivity contribution >= 4 is 17.4 Å². The summed E-state index contributed by atoms with van der Waals surface area (Å²) in [7, 11) is 3.03. The molecule has 0 unspecified atom stereocenters. The number of hydrogen-bond donors (Lipinski definition) is 0. The first kappa shape index (κ1) is 11.4. The lowest BCUT2D eigenvalue weighted by atomic mass is 10.2. The number of benzene rings is 1. The van der Waals surface area contributed by atoms with Crippen LogP contribution in [-0.2, 0) is 9.59 Å². The number of ether oxygens (including phenoxy) is 2. The van der Waals surface area contributed by atoms with Crippen molar-refractivity contribution in [2.75, 3.05) is 25.7 Å². The van der Waals surface area contributed by atoms with E-state index in [0.29, 0.717) is 17.2 Å². The highest BCUT2D eigenvalue weighted by Gasteiger charge is 2.31. The third kappa shape index (κ3) is 1.95. The third-order valence-electron chi connectivity index (χ3n) is 2.66. The van der Waals surface area contributed by atoms with E-state index in [0.717, 1.165) is 0 Å². The van der Waals surface area contributed by atoms with Crippen molar-refractivity contribution in [2.45, 2.75) is 6.42 Å². The molecule has 1 aromatic carbocycles. The summed E-state index contributed by atoms with van der Waals surface area (Å²) in [5.74, 6) is 0.719. The van der Waals surface area contributed by atoms with Crippen molar-refractivity contribution < 1.29 is 19.1 Å². The smallest absolute Gasteiger partial charge is 0.235 e. The van der Waals surface area contributed by atoms with Crippen molar-refractivity contribution in [3.63, 3.8) is 0 Å². The summed E-state index contributed by atoms with van der Waals surface area (Å²) in [5.41, 5.74) is 0.572. The minimum absolute atomic E-state index is 0.0413. The second kappa shape index (κ2) is 4.45. The van der Waals surface area contributed by atoms with Crippen molar-refractivity contribution in [2.24, 2.45) is 0 Å². The van der Waals surface area contributed by atoms with E-state index in [2.05, 4.69) is 0 Å². The number of carbonyl (C=O) groups is 2. The standard InChI is InChI=1S/C12H13NO4/c1-16-10-5-3-4-9(12(10)17-2)13-7-8(14)6-11(13)15/h3-5H,6-7H2,1-2H3. The number of carbonyl (C=O) groups excluding carboxylic acids is 2. The quantitative estimate of drug-likeness (QED) is 0.734. The molecule has 2 rings (SSSR count). The second-order valence-corrected chi connectivity index (χ2v) is 3.71.